The summed E-state index contributed by atoms with van der Waals surface area (Å²) >= 11 is 1.51. The van der Waals surface area contributed by atoms with Crippen LogP contribution >= 0.6 is 49.0 Å². The molecular weight excluding hydrogens is 525 g/mol. The largest absolute Gasteiger partial charge is 0.350 e. The zero-order chi connectivity index (χ0) is 21.8. The molecule has 1 fully saturated rings. The van der Waals surface area contributed by atoms with Crippen LogP contribution in [0.2, 0.25) is 0 Å². The Labute approximate surface area is 229 Å². The Balaban J connectivity index is 0.00000144. The molecule has 1 aromatic carbocycles. The molecule has 2 aromatic heterocycles. The van der Waals surface area contributed by atoms with Crippen molar-refractivity contribution in [2.24, 2.45) is 0 Å². The maximum atomic E-state index is 12.7. The fraction of sp³-hybridized carbons (Fsp3) is 0.360. The van der Waals surface area contributed by atoms with E-state index in [1.807, 2.05) is 30.5 Å². The number of pyridine rings is 1. The molecular formula is C25H32Cl3N5OS. The Kier molecular flexibility index (Phi) is 11.9. The normalized spacial score (nSPS) is 15.4. The van der Waals surface area contributed by atoms with Crippen LogP contribution in [0.25, 0.3) is 11.7 Å². The number of benzene rings is 1. The van der Waals surface area contributed by atoms with Crippen molar-refractivity contribution >= 4 is 66.6 Å². The third-order valence-corrected chi connectivity index (χ3v) is 7.25. The lowest BCUT2D eigenvalue weighted by Crippen LogP contribution is -2.48. The minimum Gasteiger partial charge on any atom is -0.350 e. The highest BCUT2D eigenvalue weighted by Crippen LogP contribution is 2.34. The van der Waals surface area contributed by atoms with Gasteiger partial charge in [-0.1, -0.05) is 48.2 Å². The topological polar surface area (TPSA) is 52.9 Å². The van der Waals surface area contributed by atoms with Gasteiger partial charge in [0.05, 0.1) is 21.8 Å². The highest BCUT2D eigenvalue weighted by atomic mass is 35.5. The van der Waals surface area contributed by atoms with E-state index >= 15 is 0 Å². The van der Waals surface area contributed by atoms with Gasteiger partial charge in [0.25, 0.3) is 5.91 Å². The van der Waals surface area contributed by atoms with Crippen molar-refractivity contribution in [2.75, 3.05) is 45.8 Å². The van der Waals surface area contributed by atoms with Crippen molar-refractivity contribution in [1.29, 1.82) is 0 Å². The molecule has 4 heterocycles. The van der Waals surface area contributed by atoms with E-state index in [-0.39, 0.29) is 43.1 Å². The molecule has 1 saturated heterocycles. The van der Waals surface area contributed by atoms with Gasteiger partial charge in [0.1, 0.15) is 5.65 Å². The molecule has 2 aliphatic rings. The standard InChI is InChI=1S/C25H29N5OS.3ClH/c31-25(22-18-21-19-27-23-9-4-10-24(32-22)30(21)23)26-11-13-29-16-14-28(15-17-29)12-5-8-20-6-2-1-3-7-20;;;/h1-4,6-7,9-10,18-19H,5,8,11-17H2,(H,26,31);3*1H. The monoisotopic (exact) mass is 555 g/mol. The molecule has 6 nitrogen and oxygen atoms in total. The number of piperazine rings is 1. The van der Waals surface area contributed by atoms with Crippen LogP contribution in [-0.2, 0) is 11.2 Å². The van der Waals surface area contributed by atoms with Crippen LogP contribution in [0, 0.1) is 0 Å². The molecule has 1 amide bonds. The molecule has 3 aromatic rings. The van der Waals surface area contributed by atoms with Gasteiger partial charge < -0.3 is 10.2 Å². The smallest absolute Gasteiger partial charge is 0.258 e. The van der Waals surface area contributed by atoms with E-state index in [4.69, 9.17) is 0 Å². The van der Waals surface area contributed by atoms with Gasteiger partial charge in [0, 0.05) is 39.3 Å². The predicted molar refractivity (Wildman–Crippen MR) is 151 cm³/mol. The van der Waals surface area contributed by atoms with Crippen molar-refractivity contribution in [3.63, 3.8) is 0 Å². The summed E-state index contributed by atoms with van der Waals surface area (Å²) in [7, 11) is 0. The highest BCUT2D eigenvalue weighted by Gasteiger charge is 2.20. The second kappa shape index (κ2) is 14.1. The van der Waals surface area contributed by atoms with Crippen molar-refractivity contribution in [2.45, 2.75) is 17.9 Å². The van der Waals surface area contributed by atoms with Gasteiger partial charge in [-0.15, -0.1) is 37.2 Å². The first-order valence-electron chi connectivity index (χ1n) is 11.4. The first kappa shape index (κ1) is 29.5. The lowest BCUT2D eigenvalue weighted by molar-refractivity contribution is -0.116. The molecule has 5 rings (SSSR count). The number of aromatic nitrogens is 2. The number of amides is 1. The first-order chi connectivity index (χ1) is 15.8. The van der Waals surface area contributed by atoms with Crippen molar-refractivity contribution in [3.05, 3.63) is 70.9 Å². The van der Waals surface area contributed by atoms with E-state index in [0.717, 1.165) is 67.0 Å². The van der Waals surface area contributed by atoms with Gasteiger partial charge in [-0.3, -0.25) is 14.1 Å². The number of carbonyl (C=O) groups is 1. The summed E-state index contributed by atoms with van der Waals surface area (Å²) in [6.45, 7) is 7.09. The van der Waals surface area contributed by atoms with Crippen molar-refractivity contribution in [1.82, 2.24) is 24.5 Å². The lowest BCUT2D eigenvalue weighted by Gasteiger charge is -2.34. The van der Waals surface area contributed by atoms with E-state index < -0.39 is 0 Å². The minimum absolute atomic E-state index is 0. The number of nitrogens with one attached hydrogen (secondary N) is 1. The molecule has 0 saturated carbocycles. The Bertz CT molecular complexity index is 1120. The molecule has 0 bridgehead atoms. The SMILES string of the molecule is Cl.Cl.Cl.O=C(NCCN1CCN(CCCc2ccccc2)CC1)C1=Cc2cnc3cccc(n23)S1. The van der Waals surface area contributed by atoms with E-state index in [2.05, 4.69) is 54.8 Å². The van der Waals surface area contributed by atoms with Crippen LogP contribution in [0.4, 0.5) is 0 Å². The maximum Gasteiger partial charge on any atom is 0.258 e. The number of halogens is 3. The summed E-state index contributed by atoms with van der Waals surface area (Å²) in [4.78, 5) is 22.9. The van der Waals surface area contributed by atoms with Gasteiger partial charge >= 0.3 is 0 Å². The van der Waals surface area contributed by atoms with Crippen molar-refractivity contribution in [3.8, 4) is 0 Å². The van der Waals surface area contributed by atoms with Crippen LogP contribution in [0.5, 0.6) is 0 Å². The Morgan fingerprint density at radius 2 is 1.63 bits per heavy atom. The Morgan fingerprint density at radius 3 is 2.37 bits per heavy atom. The summed E-state index contributed by atoms with van der Waals surface area (Å²) in [6.07, 6.45) is 6.11. The van der Waals surface area contributed by atoms with Gasteiger partial charge in [0.15, 0.2) is 0 Å². The minimum atomic E-state index is -0.000925. The summed E-state index contributed by atoms with van der Waals surface area (Å²) in [5.74, 6) is -0.000925. The maximum absolute atomic E-state index is 12.7. The quantitative estimate of drug-likeness (QED) is 0.445. The van der Waals surface area contributed by atoms with E-state index in [1.165, 1.54) is 23.7 Å². The second-order valence-electron chi connectivity index (χ2n) is 8.38. The molecule has 1 N–H and O–H groups in total. The number of hydrogen-bond donors (Lipinski definition) is 1. The van der Waals surface area contributed by atoms with Gasteiger partial charge in [-0.25, -0.2) is 4.98 Å². The highest BCUT2D eigenvalue weighted by molar-refractivity contribution is 8.04. The van der Waals surface area contributed by atoms with Crippen molar-refractivity contribution < 1.29 is 4.79 Å². The van der Waals surface area contributed by atoms with Gasteiger partial charge in [-0.05, 0) is 43.2 Å². The Hall–Kier alpha value is -1.74. The molecule has 10 heteroatoms. The van der Waals surface area contributed by atoms with Crippen LogP contribution in [-0.4, -0.2) is 70.9 Å². The second-order valence-corrected chi connectivity index (χ2v) is 9.44. The molecule has 190 valence electrons. The van der Waals surface area contributed by atoms with E-state index in [0.29, 0.717) is 6.54 Å². The fourth-order valence-corrected chi connectivity index (χ4v) is 5.41. The van der Waals surface area contributed by atoms with Gasteiger partial charge in [0.2, 0.25) is 0 Å². The number of nitrogens with zero attached hydrogens (tertiary/aromatic N) is 4. The summed E-state index contributed by atoms with van der Waals surface area (Å²) in [5.41, 5.74) is 3.30. The number of thioether (sulfide) groups is 1. The molecule has 35 heavy (non-hydrogen) atoms. The summed E-state index contributed by atoms with van der Waals surface area (Å²) < 4.78 is 2.08. The summed E-state index contributed by atoms with van der Waals surface area (Å²) in [6, 6.07) is 16.7. The van der Waals surface area contributed by atoms with E-state index in [9.17, 15) is 4.79 Å². The van der Waals surface area contributed by atoms with Crippen LogP contribution in [0.3, 0.4) is 0 Å². The third kappa shape index (κ3) is 7.38. The molecule has 0 aliphatic carbocycles. The number of carbonyl (C=O) groups excluding carboxylic acids is 1. The summed E-state index contributed by atoms with van der Waals surface area (Å²) in [5, 5.41) is 4.14. The Morgan fingerprint density at radius 1 is 0.914 bits per heavy atom. The van der Waals surface area contributed by atoms with Gasteiger partial charge in [-0.2, -0.15) is 0 Å². The van der Waals surface area contributed by atoms with Crippen LogP contribution in [0.1, 0.15) is 17.7 Å². The number of hydrogen-bond acceptors (Lipinski definition) is 5. The lowest BCUT2D eigenvalue weighted by atomic mass is 10.1. The predicted octanol–water partition coefficient (Wildman–Crippen LogP) is 4.41. The fourth-order valence-electron chi connectivity index (χ4n) is 4.40. The molecule has 0 spiro atoms. The van der Waals surface area contributed by atoms with Crippen LogP contribution < -0.4 is 5.32 Å². The van der Waals surface area contributed by atoms with Crippen LogP contribution in [0.15, 0.2) is 64.7 Å². The molecule has 0 radical (unpaired) electrons. The third-order valence-electron chi connectivity index (χ3n) is 6.20. The first-order valence-corrected chi connectivity index (χ1v) is 12.2. The number of aryl methyl sites for hydroxylation is 1. The average Bonchev–Trinajstić information content (AvgIpc) is 3.25. The molecule has 2 aliphatic heterocycles. The molecule has 0 atom stereocenters. The number of imidazole rings is 1. The zero-order valence-corrected chi connectivity index (χ0v) is 22.7. The zero-order valence-electron chi connectivity index (χ0n) is 19.5. The average molecular weight is 557 g/mol. The molecule has 0 unspecified atom stereocenters. The van der Waals surface area contributed by atoms with E-state index in [1.54, 1.807) is 0 Å². The number of rotatable bonds is 8.